The Morgan fingerprint density at radius 1 is 1.10 bits per heavy atom. The second-order valence-electron chi connectivity index (χ2n) is 7.38. The molecule has 0 radical (unpaired) electrons. The molecule has 21 heavy (non-hydrogen) atoms. The lowest BCUT2D eigenvalue weighted by Gasteiger charge is -2.39. The zero-order valence-electron chi connectivity index (χ0n) is 13.7. The first-order chi connectivity index (χ1) is 9.96. The molecule has 0 aromatic carbocycles. The minimum absolute atomic E-state index is 0.349. The molecule has 122 valence electrons. The number of carbonyl (C=O) groups is 1. The Balaban J connectivity index is 1.82. The summed E-state index contributed by atoms with van der Waals surface area (Å²) in [7, 11) is 0. The van der Waals surface area contributed by atoms with E-state index >= 15 is 0 Å². The largest absolute Gasteiger partial charge is 0.443 e. The third-order valence-corrected chi connectivity index (χ3v) is 4.44. The lowest BCUT2D eigenvalue weighted by Crippen LogP contribution is -2.55. The van der Waals surface area contributed by atoms with Crippen molar-refractivity contribution in [1.82, 2.24) is 16.2 Å². The van der Waals surface area contributed by atoms with Gasteiger partial charge in [0.1, 0.15) is 5.60 Å². The van der Waals surface area contributed by atoms with Crippen molar-refractivity contribution < 1.29 is 9.53 Å². The van der Waals surface area contributed by atoms with Gasteiger partial charge >= 0.3 is 6.09 Å². The number of rotatable bonds is 3. The van der Waals surface area contributed by atoms with Gasteiger partial charge in [-0.3, -0.25) is 5.43 Å². The van der Waals surface area contributed by atoms with E-state index in [1.165, 1.54) is 38.5 Å². The van der Waals surface area contributed by atoms with E-state index in [1.807, 2.05) is 20.8 Å². The molecule has 1 aliphatic heterocycles. The molecule has 2 rings (SSSR count). The van der Waals surface area contributed by atoms with Gasteiger partial charge in [-0.25, -0.2) is 10.2 Å². The van der Waals surface area contributed by atoms with Crippen LogP contribution in [0.2, 0.25) is 0 Å². The Labute approximate surface area is 128 Å². The molecule has 3 unspecified atom stereocenters. The van der Waals surface area contributed by atoms with Gasteiger partial charge in [0.2, 0.25) is 0 Å². The predicted octanol–water partition coefficient (Wildman–Crippen LogP) is 2.72. The van der Waals surface area contributed by atoms with Crippen LogP contribution in [0.5, 0.6) is 0 Å². The fourth-order valence-electron chi connectivity index (χ4n) is 3.52. The fourth-order valence-corrected chi connectivity index (χ4v) is 3.52. The normalized spacial score (nSPS) is 30.7. The second kappa shape index (κ2) is 7.45. The van der Waals surface area contributed by atoms with E-state index in [2.05, 4.69) is 16.2 Å². The monoisotopic (exact) mass is 297 g/mol. The van der Waals surface area contributed by atoms with Crippen LogP contribution in [0.15, 0.2) is 0 Å². The summed E-state index contributed by atoms with van der Waals surface area (Å²) in [5.41, 5.74) is 5.51. The third-order valence-electron chi connectivity index (χ3n) is 4.44. The van der Waals surface area contributed by atoms with E-state index in [4.69, 9.17) is 4.74 Å². The first kappa shape index (κ1) is 16.6. The molecule has 2 aliphatic rings. The Kier molecular flexibility index (Phi) is 5.88. The highest BCUT2D eigenvalue weighted by atomic mass is 16.6. The van der Waals surface area contributed by atoms with Crippen LogP contribution >= 0.6 is 0 Å². The molecule has 0 aromatic rings. The molecule has 1 saturated carbocycles. The molecule has 1 aliphatic carbocycles. The second-order valence-corrected chi connectivity index (χ2v) is 7.38. The first-order valence-corrected chi connectivity index (χ1v) is 8.43. The Morgan fingerprint density at radius 2 is 1.81 bits per heavy atom. The Hall–Kier alpha value is -0.810. The Morgan fingerprint density at radius 3 is 2.48 bits per heavy atom. The first-order valence-electron chi connectivity index (χ1n) is 8.43. The summed E-state index contributed by atoms with van der Waals surface area (Å²) >= 11 is 0. The average Bonchev–Trinajstić information content (AvgIpc) is 2.45. The molecule has 0 spiro atoms. The highest BCUT2D eigenvalue weighted by Gasteiger charge is 2.32. The van der Waals surface area contributed by atoms with Crippen LogP contribution in [-0.2, 0) is 4.74 Å². The minimum atomic E-state index is -0.456. The number of nitrogens with one attached hydrogen (secondary N) is 3. The van der Waals surface area contributed by atoms with Gasteiger partial charge in [-0.15, -0.1) is 0 Å². The van der Waals surface area contributed by atoms with Crippen molar-refractivity contribution in [3.8, 4) is 0 Å². The van der Waals surface area contributed by atoms with Crippen LogP contribution in [0.25, 0.3) is 0 Å². The molecule has 0 aromatic heterocycles. The van der Waals surface area contributed by atoms with Crippen molar-refractivity contribution in [2.45, 2.75) is 83.4 Å². The summed E-state index contributed by atoms with van der Waals surface area (Å²) in [6.07, 6.45) is 8.38. The maximum absolute atomic E-state index is 11.8. The van der Waals surface area contributed by atoms with Crippen LogP contribution in [-0.4, -0.2) is 30.3 Å². The van der Waals surface area contributed by atoms with Gasteiger partial charge in [0.25, 0.3) is 0 Å². The number of amides is 1. The van der Waals surface area contributed by atoms with Crippen molar-refractivity contribution in [3.05, 3.63) is 0 Å². The lowest BCUT2D eigenvalue weighted by atomic mass is 9.77. The summed E-state index contributed by atoms with van der Waals surface area (Å²) < 4.78 is 5.28. The van der Waals surface area contributed by atoms with Crippen molar-refractivity contribution in [3.63, 3.8) is 0 Å². The number of carbonyl (C=O) groups excluding carboxylic acids is 1. The van der Waals surface area contributed by atoms with Gasteiger partial charge < -0.3 is 10.1 Å². The SMILES string of the molecule is CC(C)(C)OC(=O)NNC1CCCCC1C1CCCCN1. The molecule has 1 saturated heterocycles. The average molecular weight is 297 g/mol. The lowest BCUT2D eigenvalue weighted by molar-refractivity contribution is 0.0461. The topological polar surface area (TPSA) is 62.4 Å². The predicted molar refractivity (Wildman–Crippen MR) is 83.9 cm³/mol. The van der Waals surface area contributed by atoms with Crippen LogP contribution in [0.3, 0.4) is 0 Å². The van der Waals surface area contributed by atoms with E-state index in [-0.39, 0.29) is 6.09 Å². The smallest absolute Gasteiger partial charge is 0.422 e. The summed E-state index contributed by atoms with van der Waals surface area (Å²) in [6.45, 7) is 6.76. The summed E-state index contributed by atoms with van der Waals surface area (Å²) in [6, 6.07) is 0.943. The quantitative estimate of drug-likeness (QED) is 0.701. The zero-order valence-corrected chi connectivity index (χ0v) is 13.7. The van der Waals surface area contributed by atoms with E-state index in [0.29, 0.717) is 18.0 Å². The van der Waals surface area contributed by atoms with Crippen LogP contribution < -0.4 is 16.2 Å². The molecule has 5 nitrogen and oxygen atoms in total. The van der Waals surface area contributed by atoms with Crippen LogP contribution in [0, 0.1) is 5.92 Å². The molecular formula is C16H31N3O2. The van der Waals surface area contributed by atoms with Gasteiger partial charge in [0.05, 0.1) is 0 Å². The van der Waals surface area contributed by atoms with E-state index in [0.717, 1.165) is 13.0 Å². The van der Waals surface area contributed by atoms with Gasteiger partial charge in [0, 0.05) is 12.1 Å². The van der Waals surface area contributed by atoms with Crippen molar-refractivity contribution in [1.29, 1.82) is 0 Å². The maximum atomic E-state index is 11.8. The molecule has 3 N–H and O–H groups in total. The molecule has 2 fully saturated rings. The van der Waals surface area contributed by atoms with Crippen molar-refractivity contribution >= 4 is 6.09 Å². The molecule has 3 atom stereocenters. The highest BCUT2D eigenvalue weighted by molar-refractivity contribution is 5.67. The summed E-state index contributed by atoms with van der Waals surface area (Å²) in [4.78, 5) is 11.8. The van der Waals surface area contributed by atoms with Crippen LogP contribution in [0.4, 0.5) is 4.79 Å². The maximum Gasteiger partial charge on any atom is 0.422 e. The van der Waals surface area contributed by atoms with E-state index in [1.54, 1.807) is 0 Å². The van der Waals surface area contributed by atoms with Crippen LogP contribution in [0.1, 0.15) is 65.7 Å². The molecule has 5 heteroatoms. The fraction of sp³-hybridized carbons (Fsp3) is 0.938. The van der Waals surface area contributed by atoms with Gasteiger partial charge in [0.15, 0.2) is 0 Å². The van der Waals surface area contributed by atoms with E-state index < -0.39 is 5.60 Å². The summed E-state index contributed by atoms with van der Waals surface area (Å²) in [5.74, 6) is 0.606. The molecule has 1 amide bonds. The van der Waals surface area contributed by atoms with Gasteiger partial charge in [-0.05, 0) is 58.9 Å². The van der Waals surface area contributed by atoms with Crippen molar-refractivity contribution in [2.24, 2.45) is 5.92 Å². The molecular weight excluding hydrogens is 266 g/mol. The van der Waals surface area contributed by atoms with E-state index in [9.17, 15) is 4.79 Å². The number of piperidine rings is 1. The number of hydrogen-bond acceptors (Lipinski definition) is 4. The number of hydrogen-bond donors (Lipinski definition) is 3. The number of hydrazine groups is 1. The molecule has 0 bridgehead atoms. The standard InChI is InChI=1S/C16H31N3O2/c1-16(2,3)21-15(20)19-18-14-10-5-4-8-12(14)13-9-6-7-11-17-13/h12-14,17-18H,4-11H2,1-3H3,(H,19,20). The third kappa shape index (κ3) is 5.47. The highest BCUT2D eigenvalue weighted by Crippen LogP contribution is 2.30. The number of ether oxygens (including phenoxy) is 1. The van der Waals surface area contributed by atoms with Gasteiger partial charge in [-0.2, -0.15) is 0 Å². The molecule has 1 heterocycles. The summed E-state index contributed by atoms with van der Waals surface area (Å²) in [5, 5.41) is 3.66. The Bertz CT molecular complexity index is 335. The minimum Gasteiger partial charge on any atom is -0.443 e. The zero-order chi connectivity index (χ0) is 15.3. The van der Waals surface area contributed by atoms with Crippen molar-refractivity contribution in [2.75, 3.05) is 6.54 Å². The van der Waals surface area contributed by atoms with Gasteiger partial charge in [-0.1, -0.05) is 19.3 Å².